The molecule has 0 amide bonds. The zero-order valence-corrected chi connectivity index (χ0v) is 10.2. The number of aromatic nitrogens is 2. The molecule has 2 nitrogen and oxygen atoms in total. The van der Waals surface area contributed by atoms with Crippen LogP contribution in [-0.2, 0) is 6.18 Å². The number of aromatic amines is 1. The molecule has 1 aromatic carbocycles. The molecule has 0 bridgehead atoms. The highest BCUT2D eigenvalue weighted by Gasteiger charge is 2.33. The first-order chi connectivity index (χ1) is 7.88. The third-order valence-corrected chi connectivity index (χ3v) is 2.15. The van der Waals surface area contributed by atoms with Gasteiger partial charge in [-0.05, 0) is 31.5 Å². The fraction of sp³-hybridized carbons (Fsp3) is 0.417. The predicted molar refractivity (Wildman–Crippen MR) is 61.9 cm³/mol. The van der Waals surface area contributed by atoms with E-state index in [1.165, 1.54) is 0 Å². The van der Waals surface area contributed by atoms with E-state index in [2.05, 4.69) is 9.97 Å². The van der Waals surface area contributed by atoms with Crippen molar-refractivity contribution in [2.75, 3.05) is 0 Å². The number of fused-ring (bicyclic) bond motifs is 1. The number of imidazole rings is 1. The van der Waals surface area contributed by atoms with Gasteiger partial charge in [0.2, 0.25) is 0 Å². The lowest BCUT2D eigenvalue weighted by molar-refractivity contribution is -0.136. The van der Waals surface area contributed by atoms with Crippen molar-refractivity contribution in [2.24, 2.45) is 0 Å². The zero-order valence-electron chi connectivity index (χ0n) is 10.2. The average Bonchev–Trinajstić information content (AvgIpc) is 2.58. The normalized spacial score (nSPS) is 11.2. The molecule has 0 saturated carbocycles. The van der Waals surface area contributed by atoms with Gasteiger partial charge in [0.15, 0.2) is 0 Å². The van der Waals surface area contributed by atoms with Crippen LogP contribution in [0, 0.1) is 13.8 Å². The van der Waals surface area contributed by atoms with Crippen LogP contribution in [0.3, 0.4) is 0 Å². The Morgan fingerprint density at radius 3 is 2.24 bits per heavy atom. The molecule has 1 aromatic heterocycles. The monoisotopic (exact) mass is 244 g/mol. The largest absolute Gasteiger partial charge is 0.418 e. The summed E-state index contributed by atoms with van der Waals surface area (Å²) in [7, 11) is 0. The summed E-state index contributed by atoms with van der Waals surface area (Å²) in [4.78, 5) is 6.65. The lowest BCUT2D eigenvalue weighted by atomic mass is 10.1. The highest BCUT2D eigenvalue weighted by molar-refractivity contribution is 5.80. The molecule has 0 aliphatic carbocycles. The predicted octanol–water partition coefficient (Wildman–Crippen LogP) is 4.22. The summed E-state index contributed by atoms with van der Waals surface area (Å²) in [6.07, 6.45) is -4.36. The third-order valence-electron chi connectivity index (χ3n) is 2.15. The fourth-order valence-corrected chi connectivity index (χ4v) is 1.60. The van der Waals surface area contributed by atoms with E-state index >= 15 is 0 Å². The van der Waals surface area contributed by atoms with Crippen molar-refractivity contribution >= 4 is 11.0 Å². The quantitative estimate of drug-likeness (QED) is 0.738. The molecule has 5 heteroatoms. The SMILES string of the molecule is CC.Cc1cc(C(F)(F)F)c2nc(C)[nH]c2c1. The number of benzene rings is 1. The van der Waals surface area contributed by atoms with Crippen LogP contribution in [0.15, 0.2) is 12.1 Å². The Kier molecular flexibility index (Phi) is 3.80. The molecule has 0 atom stereocenters. The van der Waals surface area contributed by atoms with Crippen molar-refractivity contribution in [2.45, 2.75) is 33.9 Å². The summed E-state index contributed by atoms with van der Waals surface area (Å²) < 4.78 is 38.0. The number of hydrogen-bond acceptors (Lipinski definition) is 1. The van der Waals surface area contributed by atoms with Crippen molar-refractivity contribution in [3.63, 3.8) is 0 Å². The van der Waals surface area contributed by atoms with Gasteiger partial charge in [-0.1, -0.05) is 13.8 Å². The van der Waals surface area contributed by atoms with Crippen LogP contribution in [0.2, 0.25) is 0 Å². The Morgan fingerprint density at radius 1 is 1.12 bits per heavy atom. The lowest BCUT2D eigenvalue weighted by Gasteiger charge is -2.07. The van der Waals surface area contributed by atoms with Crippen molar-refractivity contribution < 1.29 is 13.2 Å². The Bertz CT molecular complexity index is 512. The van der Waals surface area contributed by atoms with Crippen LogP contribution >= 0.6 is 0 Å². The summed E-state index contributed by atoms with van der Waals surface area (Å²) in [6, 6.07) is 2.77. The molecule has 1 N–H and O–H groups in total. The number of rotatable bonds is 0. The minimum Gasteiger partial charge on any atom is -0.342 e. The maximum absolute atomic E-state index is 12.7. The van der Waals surface area contributed by atoms with E-state index in [0.717, 1.165) is 6.07 Å². The van der Waals surface area contributed by atoms with E-state index in [4.69, 9.17) is 0 Å². The van der Waals surface area contributed by atoms with Gasteiger partial charge in [-0.15, -0.1) is 0 Å². The van der Waals surface area contributed by atoms with Crippen LogP contribution in [0.25, 0.3) is 11.0 Å². The van der Waals surface area contributed by atoms with Crippen molar-refractivity contribution in [3.8, 4) is 0 Å². The van der Waals surface area contributed by atoms with Gasteiger partial charge in [0.1, 0.15) is 11.3 Å². The first-order valence-corrected chi connectivity index (χ1v) is 5.42. The lowest BCUT2D eigenvalue weighted by Crippen LogP contribution is -2.06. The summed E-state index contributed by atoms with van der Waals surface area (Å²) in [5, 5.41) is 0. The van der Waals surface area contributed by atoms with Gasteiger partial charge in [0.05, 0.1) is 11.1 Å². The van der Waals surface area contributed by atoms with E-state index in [0.29, 0.717) is 16.9 Å². The molecular formula is C12H15F3N2. The molecule has 0 saturated heterocycles. The third kappa shape index (κ3) is 2.78. The minimum atomic E-state index is -4.36. The molecule has 2 rings (SSSR count). The number of hydrogen-bond donors (Lipinski definition) is 1. The fourth-order valence-electron chi connectivity index (χ4n) is 1.60. The molecule has 94 valence electrons. The Hall–Kier alpha value is -1.52. The van der Waals surface area contributed by atoms with Crippen LogP contribution in [0.1, 0.15) is 30.8 Å². The molecule has 17 heavy (non-hydrogen) atoms. The summed E-state index contributed by atoms with van der Waals surface area (Å²) in [5.74, 6) is 0.487. The molecular weight excluding hydrogens is 229 g/mol. The van der Waals surface area contributed by atoms with Gasteiger partial charge in [-0.2, -0.15) is 13.2 Å². The molecule has 0 radical (unpaired) electrons. The van der Waals surface area contributed by atoms with Gasteiger partial charge < -0.3 is 4.98 Å². The highest BCUT2D eigenvalue weighted by Crippen LogP contribution is 2.34. The highest BCUT2D eigenvalue weighted by atomic mass is 19.4. The van der Waals surface area contributed by atoms with Gasteiger partial charge in [-0.3, -0.25) is 0 Å². The Morgan fingerprint density at radius 2 is 1.71 bits per heavy atom. The topological polar surface area (TPSA) is 28.7 Å². The van der Waals surface area contributed by atoms with E-state index in [1.807, 2.05) is 13.8 Å². The first kappa shape index (κ1) is 13.5. The smallest absolute Gasteiger partial charge is 0.342 e. The van der Waals surface area contributed by atoms with Crippen LogP contribution in [0.5, 0.6) is 0 Å². The van der Waals surface area contributed by atoms with Crippen molar-refractivity contribution in [1.29, 1.82) is 0 Å². The van der Waals surface area contributed by atoms with Crippen LogP contribution in [-0.4, -0.2) is 9.97 Å². The Labute approximate surface area is 97.9 Å². The van der Waals surface area contributed by atoms with E-state index < -0.39 is 11.7 Å². The van der Waals surface area contributed by atoms with Crippen molar-refractivity contribution in [1.82, 2.24) is 9.97 Å². The molecule has 0 aliphatic rings. The maximum atomic E-state index is 12.7. The van der Waals surface area contributed by atoms with Gasteiger partial charge in [-0.25, -0.2) is 4.98 Å². The standard InChI is InChI=1S/C10H9F3N2.C2H6/c1-5-3-7(10(11,12)13)9-8(4-5)14-6(2)15-9;1-2/h3-4H,1-2H3,(H,14,15);1-2H3. The van der Waals surface area contributed by atoms with Crippen molar-refractivity contribution in [3.05, 3.63) is 29.1 Å². The van der Waals surface area contributed by atoms with Gasteiger partial charge in [0.25, 0.3) is 0 Å². The number of aryl methyl sites for hydroxylation is 2. The first-order valence-electron chi connectivity index (χ1n) is 5.42. The summed E-state index contributed by atoms with van der Waals surface area (Å²) in [6.45, 7) is 7.26. The summed E-state index contributed by atoms with van der Waals surface area (Å²) in [5.41, 5.74) is 0.311. The van der Waals surface area contributed by atoms with Gasteiger partial charge >= 0.3 is 6.18 Å². The molecule has 2 aromatic rings. The second-order valence-electron chi connectivity index (χ2n) is 3.53. The Balaban J connectivity index is 0.000000686. The van der Waals surface area contributed by atoms with Crippen LogP contribution in [0.4, 0.5) is 13.2 Å². The molecule has 0 spiro atoms. The number of halogens is 3. The van der Waals surface area contributed by atoms with Gasteiger partial charge in [0, 0.05) is 0 Å². The number of alkyl halides is 3. The maximum Gasteiger partial charge on any atom is 0.418 e. The molecule has 0 aliphatic heterocycles. The summed E-state index contributed by atoms with van der Waals surface area (Å²) >= 11 is 0. The average molecular weight is 244 g/mol. The zero-order chi connectivity index (χ0) is 13.2. The second-order valence-corrected chi connectivity index (χ2v) is 3.53. The molecule has 0 fully saturated rings. The number of nitrogens with one attached hydrogen (secondary N) is 1. The van der Waals surface area contributed by atoms with E-state index in [1.54, 1.807) is 19.9 Å². The number of H-pyrrole nitrogens is 1. The van der Waals surface area contributed by atoms with E-state index in [9.17, 15) is 13.2 Å². The van der Waals surface area contributed by atoms with Crippen LogP contribution < -0.4 is 0 Å². The van der Waals surface area contributed by atoms with E-state index in [-0.39, 0.29) is 5.52 Å². The molecule has 0 unspecified atom stereocenters. The second kappa shape index (κ2) is 4.77. The number of nitrogens with zero attached hydrogens (tertiary/aromatic N) is 1. The molecule has 1 heterocycles. The minimum absolute atomic E-state index is 0.00870.